The highest BCUT2D eigenvalue weighted by Crippen LogP contribution is 2.36. The maximum Gasteiger partial charge on any atom is 0.228 e. The average molecular weight is 329 g/mol. The van der Waals surface area contributed by atoms with Crippen LogP contribution in [0.2, 0.25) is 0 Å². The Morgan fingerprint density at radius 1 is 1.17 bits per heavy atom. The van der Waals surface area contributed by atoms with Crippen LogP contribution < -0.4 is 20.1 Å². The number of methoxy groups -OCH3 is 2. The molecule has 7 heteroatoms. The van der Waals surface area contributed by atoms with Gasteiger partial charge in [0.05, 0.1) is 14.2 Å². The van der Waals surface area contributed by atoms with Crippen LogP contribution in [0.1, 0.15) is 0 Å². The first-order valence-corrected chi connectivity index (χ1v) is 7.94. The zero-order valence-electron chi connectivity index (χ0n) is 14.2. The molecule has 2 N–H and O–H groups in total. The highest BCUT2D eigenvalue weighted by atomic mass is 16.5. The Morgan fingerprint density at radius 2 is 1.92 bits per heavy atom. The first-order valence-electron chi connectivity index (χ1n) is 7.94. The first kappa shape index (κ1) is 16.3. The van der Waals surface area contributed by atoms with Gasteiger partial charge in [-0.3, -0.25) is 4.90 Å². The van der Waals surface area contributed by atoms with Gasteiger partial charge in [0, 0.05) is 38.1 Å². The molecule has 1 fully saturated rings. The van der Waals surface area contributed by atoms with Crippen LogP contribution in [0.3, 0.4) is 0 Å². The van der Waals surface area contributed by atoms with Crippen LogP contribution >= 0.6 is 0 Å². The number of hydrogen-bond donors (Lipinski definition) is 1. The second kappa shape index (κ2) is 6.92. The normalized spacial score (nSPS) is 15.5. The van der Waals surface area contributed by atoms with E-state index >= 15 is 0 Å². The van der Waals surface area contributed by atoms with Crippen molar-refractivity contribution in [1.82, 2.24) is 14.9 Å². The molecule has 0 atom stereocenters. The predicted octanol–water partition coefficient (Wildman–Crippen LogP) is 1.54. The van der Waals surface area contributed by atoms with E-state index in [-0.39, 0.29) is 0 Å². The van der Waals surface area contributed by atoms with Gasteiger partial charge in [-0.1, -0.05) is 6.08 Å². The molecule has 0 spiro atoms. The molecule has 0 saturated carbocycles. The fraction of sp³-hybridized carbons (Fsp3) is 0.412. The summed E-state index contributed by atoms with van der Waals surface area (Å²) >= 11 is 0. The van der Waals surface area contributed by atoms with Gasteiger partial charge >= 0.3 is 0 Å². The molecule has 1 aromatic carbocycles. The monoisotopic (exact) mass is 329 g/mol. The summed E-state index contributed by atoms with van der Waals surface area (Å²) in [6.07, 6.45) is 1.93. The summed E-state index contributed by atoms with van der Waals surface area (Å²) in [6, 6.07) is 3.67. The molecule has 7 nitrogen and oxygen atoms in total. The van der Waals surface area contributed by atoms with Crippen LogP contribution in [0.15, 0.2) is 24.8 Å². The summed E-state index contributed by atoms with van der Waals surface area (Å²) in [6.45, 7) is 8.29. The number of nitrogen functional groups attached to an aromatic ring is 1. The number of aromatic nitrogens is 2. The maximum atomic E-state index is 6.16. The standard InChI is InChI=1S/C17H23N5O2/c1-4-7-21-8-10-22(11-9-21)17-19-14-12(16(18)20-17)5-6-13(23-2)15(14)24-3/h4-6H,1,7-11H2,2-3H3,(H2,18,19,20). The van der Waals surface area contributed by atoms with Crippen molar-refractivity contribution in [2.45, 2.75) is 0 Å². The topological polar surface area (TPSA) is 76.7 Å². The zero-order chi connectivity index (χ0) is 17.1. The number of fused-ring (bicyclic) bond motifs is 1. The van der Waals surface area contributed by atoms with Gasteiger partial charge in [-0.05, 0) is 12.1 Å². The minimum absolute atomic E-state index is 0.449. The van der Waals surface area contributed by atoms with E-state index in [0.29, 0.717) is 28.8 Å². The first-order chi connectivity index (χ1) is 11.7. The highest BCUT2D eigenvalue weighted by Gasteiger charge is 2.21. The SMILES string of the molecule is C=CCN1CCN(c2nc(N)c3ccc(OC)c(OC)c3n2)CC1. The smallest absolute Gasteiger partial charge is 0.228 e. The summed E-state index contributed by atoms with van der Waals surface area (Å²) in [5, 5.41) is 0.765. The number of hydrogen-bond acceptors (Lipinski definition) is 7. The molecule has 1 aliphatic heterocycles. The number of rotatable bonds is 5. The van der Waals surface area contributed by atoms with Crippen molar-refractivity contribution in [1.29, 1.82) is 0 Å². The van der Waals surface area contributed by atoms with E-state index in [1.807, 2.05) is 18.2 Å². The Bertz CT molecular complexity index is 741. The van der Waals surface area contributed by atoms with E-state index in [0.717, 1.165) is 38.1 Å². The number of anilines is 2. The number of piperazine rings is 1. The van der Waals surface area contributed by atoms with Gasteiger partial charge in [0.1, 0.15) is 11.3 Å². The van der Waals surface area contributed by atoms with Crippen LogP contribution in [0, 0.1) is 0 Å². The minimum Gasteiger partial charge on any atom is -0.493 e. The molecule has 24 heavy (non-hydrogen) atoms. The third kappa shape index (κ3) is 2.94. The Balaban J connectivity index is 1.96. The van der Waals surface area contributed by atoms with Gasteiger partial charge in [0.15, 0.2) is 11.5 Å². The molecule has 0 radical (unpaired) electrons. The number of benzene rings is 1. The van der Waals surface area contributed by atoms with E-state index in [1.165, 1.54) is 0 Å². The fourth-order valence-corrected chi connectivity index (χ4v) is 2.98. The Kier molecular flexibility index (Phi) is 4.71. The Labute approximate surface area is 141 Å². The lowest BCUT2D eigenvalue weighted by Crippen LogP contribution is -2.47. The maximum absolute atomic E-state index is 6.16. The number of nitrogens with two attached hydrogens (primary N) is 1. The van der Waals surface area contributed by atoms with E-state index in [4.69, 9.17) is 20.2 Å². The van der Waals surface area contributed by atoms with Gasteiger partial charge < -0.3 is 20.1 Å². The molecule has 1 saturated heterocycles. The van der Waals surface area contributed by atoms with Gasteiger partial charge in [0.25, 0.3) is 0 Å². The fourth-order valence-electron chi connectivity index (χ4n) is 2.98. The van der Waals surface area contributed by atoms with Crippen molar-refractivity contribution in [3.63, 3.8) is 0 Å². The van der Waals surface area contributed by atoms with Crippen molar-refractivity contribution in [3.8, 4) is 11.5 Å². The van der Waals surface area contributed by atoms with Crippen molar-refractivity contribution >= 4 is 22.7 Å². The second-order valence-electron chi connectivity index (χ2n) is 5.68. The molecule has 0 aliphatic carbocycles. The average Bonchev–Trinajstić information content (AvgIpc) is 2.61. The third-order valence-corrected chi connectivity index (χ3v) is 4.27. The molecule has 2 heterocycles. The Hall–Kier alpha value is -2.54. The molecular formula is C17H23N5O2. The largest absolute Gasteiger partial charge is 0.493 e. The molecular weight excluding hydrogens is 306 g/mol. The van der Waals surface area contributed by atoms with E-state index < -0.39 is 0 Å². The van der Waals surface area contributed by atoms with Gasteiger partial charge in [-0.2, -0.15) is 4.98 Å². The lowest BCUT2D eigenvalue weighted by Gasteiger charge is -2.34. The van der Waals surface area contributed by atoms with Crippen LogP contribution in [-0.2, 0) is 0 Å². The molecule has 1 aromatic heterocycles. The van der Waals surface area contributed by atoms with Gasteiger partial charge in [-0.15, -0.1) is 6.58 Å². The van der Waals surface area contributed by atoms with Crippen molar-refractivity contribution in [2.24, 2.45) is 0 Å². The number of ether oxygens (including phenoxy) is 2. The summed E-state index contributed by atoms with van der Waals surface area (Å²) in [4.78, 5) is 13.7. The van der Waals surface area contributed by atoms with Crippen LogP contribution in [0.5, 0.6) is 11.5 Å². The third-order valence-electron chi connectivity index (χ3n) is 4.27. The lowest BCUT2D eigenvalue weighted by molar-refractivity contribution is 0.283. The van der Waals surface area contributed by atoms with Gasteiger partial charge in [0.2, 0.25) is 5.95 Å². The molecule has 2 aromatic rings. The summed E-state index contributed by atoms with van der Waals surface area (Å²) in [7, 11) is 3.21. The highest BCUT2D eigenvalue weighted by molar-refractivity contribution is 5.95. The van der Waals surface area contributed by atoms with Crippen molar-refractivity contribution in [3.05, 3.63) is 24.8 Å². The van der Waals surface area contributed by atoms with Crippen LogP contribution in [0.4, 0.5) is 11.8 Å². The van der Waals surface area contributed by atoms with Crippen LogP contribution in [-0.4, -0.2) is 61.8 Å². The number of nitrogens with zero attached hydrogens (tertiary/aromatic N) is 4. The summed E-state index contributed by atoms with van der Waals surface area (Å²) in [5.74, 6) is 2.29. The predicted molar refractivity (Wildman–Crippen MR) is 95.9 cm³/mol. The quantitative estimate of drug-likeness (QED) is 0.834. The molecule has 0 unspecified atom stereocenters. The minimum atomic E-state index is 0.449. The van der Waals surface area contributed by atoms with E-state index in [2.05, 4.69) is 21.4 Å². The Morgan fingerprint density at radius 3 is 2.54 bits per heavy atom. The van der Waals surface area contributed by atoms with Crippen molar-refractivity contribution < 1.29 is 9.47 Å². The molecule has 0 bridgehead atoms. The second-order valence-corrected chi connectivity index (χ2v) is 5.68. The molecule has 128 valence electrons. The lowest BCUT2D eigenvalue weighted by atomic mass is 10.2. The molecule has 0 amide bonds. The zero-order valence-corrected chi connectivity index (χ0v) is 14.2. The summed E-state index contributed by atoms with van der Waals surface area (Å²) in [5.41, 5.74) is 6.83. The van der Waals surface area contributed by atoms with Crippen LogP contribution in [0.25, 0.3) is 10.9 Å². The van der Waals surface area contributed by atoms with Crippen molar-refractivity contribution in [2.75, 3.05) is 57.6 Å². The summed E-state index contributed by atoms with van der Waals surface area (Å²) < 4.78 is 10.8. The van der Waals surface area contributed by atoms with E-state index in [1.54, 1.807) is 14.2 Å². The van der Waals surface area contributed by atoms with E-state index in [9.17, 15) is 0 Å². The molecule has 1 aliphatic rings. The molecule has 3 rings (SSSR count). The van der Waals surface area contributed by atoms with Gasteiger partial charge in [-0.25, -0.2) is 4.98 Å².